The molecule has 0 unspecified atom stereocenters. The van der Waals surface area contributed by atoms with Gasteiger partial charge in [0.25, 0.3) is 0 Å². The second kappa shape index (κ2) is 6.06. The van der Waals surface area contributed by atoms with Crippen molar-refractivity contribution in [2.75, 3.05) is 19.6 Å². The van der Waals surface area contributed by atoms with E-state index in [0.29, 0.717) is 6.04 Å². The summed E-state index contributed by atoms with van der Waals surface area (Å²) < 4.78 is 0.891. The molecule has 2 nitrogen and oxygen atoms in total. The number of halogens is 2. The number of rotatable bonds is 2. The summed E-state index contributed by atoms with van der Waals surface area (Å²) in [5, 5.41) is 3.39. The van der Waals surface area contributed by atoms with Crippen LogP contribution in [0, 0.1) is 0 Å². The van der Waals surface area contributed by atoms with E-state index in [4.69, 9.17) is 11.6 Å². The van der Waals surface area contributed by atoms with Crippen molar-refractivity contribution in [3.63, 3.8) is 0 Å². The van der Waals surface area contributed by atoms with E-state index >= 15 is 0 Å². The van der Waals surface area contributed by atoms with Gasteiger partial charge in [-0.1, -0.05) is 11.6 Å². The summed E-state index contributed by atoms with van der Waals surface area (Å²) in [7, 11) is 0. The third kappa shape index (κ3) is 3.61. The Morgan fingerprint density at radius 2 is 2.40 bits per heavy atom. The molecular formula is C10H16Cl2N2S. The van der Waals surface area contributed by atoms with Gasteiger partial charge >= 0.3 is 0 Å². The zero-order valence-corrected chi connectivity index (χ0v) is 11.1. The Morgan fingerprint density at radius 1 is 1.60 bits per heavy atom. The Balaban J connectivity index is 0.00000112. The molecule has 1 aliphatic heterocycles. The first-order valence-corrected chi connectivity index (χ1v) is 6.14. The summed E-state index contributed by atoms with van der Waals surface area (Å²) in [5.74, 6) is 0. The fourth-order valence-corrected chi connectivity index (χ4v) is 2.87. The predicted octanol–water partition coefficient (Wildman–Crippen LogP) is 2.62. The molecule has 1 aliphatic rings. The van der Waals surface area contributed by atoms with Gasteiger partial charge in [-0.2, -0.15) is 0 Å². The number of hydrogen-bond acceptors (Lipinski definition) is 3. The van der Waals surface area contributed by atoms with Gasteiger partial charge in [-0.15, -0.1) is 23.7 Å². The molecule has 1 N–H and O–H groups in total. The third-order valence-corrected chi connectivity index (χ3v) is 3.84. The summed E-state index contributed by atoms with van der Waals surface area (Å²) in [5.41, 5.74) is 0. The zero-order chi connectivity index (χ0) is 9.97. The molecule has 0 spiro atoms. The van der Waals surface area contributed by atoms with Crippen LogP contribution in [0.2, 0.25) is 4.34 Å². The fourth-order valence-electron chi connectivity index (χ4n) is 1.75. The molecule has 0 aliphatic carbocycles. The van der Waals surface area contributed by atoms with E-state index in [1.54, 1.807) is 11.3 Å². The van der Waals surface area contributed by atoms with Crippen LogP contribution in [0.4, 0.5) is 0 Å². The normalized spacial score (nSPS) is 22.4. The lowest BCUT2D eigenvalue weighted by atomic mass is 10.2. The molecule has 0 radical (unpaired) electrons. The van der Waals surface area contributed by atoms with Gasteiger partial charge in [0.2, 0.25) is 0 Å². The first kappa shape index (κ1) is 13.3. The van der Waals surface area contributed by atoms with Gasteiger partial charge in [0.05, 0.1) is 4.34 Å². The van der Waals surface area contributed by atoms with Crippen LogP contribution in [0.3, 0.4) is 0 Å². The zero-order valence-electron chi connectivity index (χ0n) is 8.70. The topological polar surface area (TPSA) is 15.3 Å². The molecule has 1 saturated heterocycles. The lowest BCUT2D eigenvalue weighted by Crippen LogP contribution is -2.49. The first-order valence-electron chi connectivity index (χ1n) is 4.94. The minimum atomic E-state index is 0. The van der Waals surface area contributed by atoms with Crippen molar-refractivity contribution in [1.29, 1.82) is 0 Å². The predicted molar refractivity (Wildman–Crippen MR) is 69.3 cm³/mol. The van der Waals surface area contributed by atoms with Crippen LogP contribution in [0.5, 0.6) is 0 Å². The SMILES string of the molecule is C[C@@H]1CNCCN1Cc1ccc(Cl)s1.Cl. The average molecular weight is 267 g/mol. The monoisotopic (exact) mass is 266 g/mol. The van der Waals surface area contributed by atoms with Gasteiger partial charge in [-0.05, 0) is 19.1 Å². The molecule has 1 aromatic rings. The molecule has 0 bridgehead atoms. The molecule has 1 atom stereocenters. The first-order chi connectivity index (χ1) is 6.75. The smallest absolute Gasteiger partial charge is 0.0931 e. The highest BCUT2D eigenvalue weighted by molar-refractivity contribution is 7.16. The molecular weight excluding hydrogens is 251 g/mol. The number of piperazine rings is 1. The molecule has 0 aromatic carbocycles. The molecule has 0 saturated carbocycles. The molecule has 2 rings (SSSR count). The maximum absolute atomic E-state index is 5.90. The number of nitrogens with zero attached hydrogens (tertiary/aromatic N) is 1. The average Bonchev–Trinajstić information content (AvgIpc) is 2.56. The summed E-state index contributed by atoms with van der Waals surface area (Å²) in [4.78, 5) is 3.86. The largest absolute Gasteiger partial charge is 0.314 e. The maximum Gasteiger partial charge on any atom is 0.0931 e. The van der Waals surface area contributed by atoms with Crippen molar-refractivity contribution < 1.29 is 0 Å². The van der Waals surface area contributed by atoms with Crippen LogP contribution in [0.1, 0.15) is 11.8 Å². The van der Waals surface area contributed by atoms with E-state index < -0.39 is 0 Å². The van der Waals surface area contributed by atoms with Gasteiger partial charge in [0, 0.05) is 37.1 Å². The van der Waals surface area contributed by atoms with Crippen LogP contribution in [-0.4, -0.2) is 30.6 Å². The molecule has 2 heterocycles. The summed E-state index contributed by atoms with van der Waals surface area (Å²) >= 11 is 7.59. The molecule has 1 aromatic heterocycles. The fraction of sp³-hybridized carbons (Fsp3) is 0.600. The van der Waals surface area contributed by atoms with Crippen LogP contribution in [0.15, 0.2) is 12.1 Å². The summed E-state index contributed by atoms with van der Waals surface area (Å²) in [6.07, 6.45) is 0. The molecule has 0 amide bonds. The number of thiophene rings is 1. The van der Waals surface area contributed by atoms with Crippen molar-refractivity contribution in [2.24, 2.45) is 0 Å². The minimum Gasteiger partial charge on any atom is -0.314 e. The van der Waals surface area contributed by atoms with Crippen molar-refractivity contribution in [3.8, 4) is 0 Å². The maximum atomic E-state index is 5.90. The van der Waals surface area contributed by atoms with Gasteiger partial charge in [-0.3, -0.25) is 4.90 Å². The quantitative estimate of drug-likeness (QED) is 0.886. The van der Waals surface area contributed by atoms with Crippen molar-refractivity contribution in [3.05, 3.63) is 21.3 Å². The molecule has 5 heteroatoms. The van der Waals surface area contributed by atoms with Crippen molar-refractivity contribution >= 4 is 35.3 Å². The highest BCUT2D eigenvalue weighted by Gasteiger charge is 2.18. The van der Waals surface area contributed by atoms with E-state index in [2.05, 4.69) is 23.2 Å². The van der Waals surface area contributed by atoms with Crippen molar-refractivity contribution in [1.82, 2.24) is 10.2 Å². The highest BCUT2D eigenvalue weighted by atomic mass is 35.5. The Bertz CT molecular complexity index is 303. The minimum absolute atomic E-state index is 0. The van der Waals surface area contributed by atoms with Crippen LogP contribution in [-0.2, 0) is 6.54 Å². The lowest BCUT2D eigenvalue weighted by Gasteiger charge is -2.33. The lowest BCUT2D eigenvalue weighted by molar-refractivity contribution is 0.167. The van der Waals surface area contributed by atoms with E-state index in [0.717, 1.165) is 30.5 Å². The number of nitrogens with one attached hydrogen (secondary N) is 1. The standard InChI is InChI=1S/C10H15ClN2S.ClH/c1-8-6-12-4-5-13(8)7-9-2-3-10(11)14-9;/h2-3,8,12H,4-7H2,1H3;1H/t8-;/m1./s1. The van der Waals surface area contributed by atoms with Crippen LogP contribution < -0.4 is 5.32 Å². The van der Waals surface area contributed by atoms with Crippen LogP contribution >= 0.6 is 35.3 Å². The molecule has 15 heavy (non-hydrogen) atoms. The highest BCUT2D eigenvalue weighted by Crippen LogP contribution is 2.23. The second-order valence-electron chi connectivity index (χ2n) is 3.73. The van der Waals surface area contributed by atoms with E-state index in [1.807, 2.05) is 6.07 Å². The Morgan fingerprint density at radius 3 is 3.00 bits per heavy atom. The van der Waals surface area contributed by atoms with Gasteiger partial charge < -0.3 is 5.32 Å². The van der Waals surface area contributed by atoms with Gasteiger partial charge in [-0.25, -0.2) is 0 Å². The molecule has 1 fully saturated rings. The molecule has 86 valence electrons. The van der Waals surface area contributed by atoms with Gasteiger partial charge in [0.1, 0.15) is 0 Å². The third-order valence-electron chi connectivity index (χ3n) is 2.63. The summed E-state index contributed by atoms with van der Waals surface area (Å²) in [6, 6.07) is 4.74. The Kier molecular flexibility index (Phi) is 5.36. The Labute approximate surface area is 106 Å². The van der Waals surface area contributed by atoms with E-state index in [-0.39, 0.29) is 12.4 Å². The Hall–Kier alpha value is 0.200. The van der Waals surface area contributed by atoms with E-state index in [9.17, 15) is 0 Å². The van der Waals surface area contributed by atoms with E-state index in [1.165, 1.54) is 4.88 Å². The number of hydrogen-bond donors (Lipinski definition) is 1. The van der Waals surface area contributed by atoms with Gasteiger partial charge in [0.15, 0.2) is 0 Å². The van der Waals surface area contributed by atoms with Crippen LogP contribution in [0.25, 0.3) is 0 Å². The summed E-state index contributed by atoms with van der Waals surface area (Å²) in [6.45, 7) is 6.64. The second-order valence-corrected chi connectivity index (χ2v) is 5.53. The van der Waals surface area contributed by atoms with Crippen molar-refractivity contribution in [2.45, 2.75) is 19.5 Å².